The number of hydrogen-bond donors (Lipinski definition) is 4. The molecule has 4 fully saturated rings. The summed E-state index contributed by atoms with van der Waals surface area (Å²) in [6.07, 6.45) is 7.51. The lowest BCUT2D eigenvalue weighted by Gasteiger charge is -2.71. The Bertz CT molecular complexity index is 930. The van der Waals surface area contributed by atoms with Crippen LogP contribution in [0.15, 0.2) is 11.6 Å². The molecule has 0 aromatic rings. The third kappa shape index (κ3) is 2.95. The number of carbonyl (C=O) groups is 1. The van der Waals surface area contributed by atoms with Crippen LogP contribution in [0, 0.1) is 56.7 Å². The molecule has 4 N–H and O–H groups in total. The second-order valence-electron chi connectivity index (χ2n) is 14.5. The molecular weight excluding hydrogens is 440 g/mol. The van der Waals surface area contributed by atoms with Crippen molar-refractivity contribution >= 4 is 5.97 Å². The lowest BCUT2D eigenvalue weighted by Crippen LogP contribution is -2.68. The monoisotopic (exact) mass is 488 g/mol. The SMILES string of the molecule is C[C@H]1[C@H](C)CC[C@]2(C(=O)O)CC[C@]3(C)C(=CC[C@H]4[C@@]5(C)C[C@@H](O)[C@@H](O)[C@@](C)(CO)[C@@H]5CC[C@]43C)[C@H]12. The average molecular weight is 489 g/mol. The Morgan fingerprint density at radius 3 is 2.31 bits per heavy atom. The molecule has 198 valence electrons. The zero-order chi connectivity index (χ0) is 25.8. The number of carboxylic acids is 1. The van der Waals surface area contributed by atoms with E-state index in [-0.39, 0.29) is 34.7 Å². The van der Waals surface area contributed by atoms with Crippen LogP contribution < -0.4 is 0 Å². The van der Waals surface area contributed by atoms with Crippen LogP contribution in [-0.2, 0) is 4.79 Å². The van der Waals surface area contributed by atoms with Gasteiger partial charge in [-0.1, -0.05) is 53.2 Å². The van der Waals surface area contributed by atoms with Gasteiger partial charge in [0, 0.05) is 5.41 Å². The van der Waals surface area contributed by atoms with Gasteiger partial charge in [-0.15, -0.1) is 0 Å². The number of rotatable bonds is 2. The van der Waals surface area contributed by atoms with Gasteiger partial charge in [-0.3, -0.25) is 4.79 Å². The Labute approximate surface area is 211 Å². The summed E-state index contributed by atoms with van der Waals surface area (Å²) in [7, 11) is 0. The maximum absolute atomic E-state index is 12.8. The summed E-state index contributed by atoms with van der Waals surface area (Å²) in [5, 5.41) is 42.9. The maximum Gasteiger partial charge on any atom is 0.310 e. The summed E-state index contributed by atoms with van der Waals surface area (Å²) in [6.45, 7) is 13.6. The molecule has 4 saturated carbocycles. The van der Waals surface area contributed by atoms with Crippen LogP contribution in [0.3, 0.4) is 0 Å². The van der Waals surface area contributed by atoms with E-state index in [0.717, 1.165) is 44.9 Å². The first-order valence-electron chi connectivity index (χ1n) is 14.1. The predicted molar refractivity (Wildman–Crippen MR) is 135 cm³/mol. The molecule has 5 nitrogen and oxygen atoms in total. The number of fused-ring (bicyclic) bond motifs is 7. The van der Waals surface area contributed by atoms with Gasteiger partial charge in [-0.05, 0) is 97.2 Å². The summed E-state index contributed by atoms with van der Waals surface area (Å²) < 4.78 is 0. The van der Waals surface area contributed by atoms with Crippen LogP contribution in [0.1, 0.15) is 92.9 Å². The van der Waals surface area contributed by atoms with E-state index in [2.05, 4.69) is 40.7 Å². The molecule has 0 aliphatic heterocycles. The van der Waals surface area contributed by atoms with Crippen LogP contribution >= 0.6 is 0 Å². The molecule has 12 atom stereocenters. The maximum atomic E-state index is 12.8. The highest BCUT2D eigenvalue weighted by atomic mass is 16.4. The molecule has 5 aliphatic carbocycles. The van der Waals surface area contributed by atoms with Crippen molar-refractivity contribution in [3.05, 3.63) is 11.6 Å². The van der Waals surface area contributed by atoms with E-state index in [4.69, 9.17) is 0 Å². The minimum absolute atomic E-state index is 0.00815. The first kappa shape index (κ1) is 25.7. The molecule has 5 rings (SSSR count). The van der Waals surface area contributed by atoms with Crippen LogP contribution in [0.5, 0.6) is 0 Å². The molecule has 0 saturated heterocycles. The predicted octanol–water partition coefficient (Wildman–Crippen LogP) is 5.03. The van der Waals surface area contributed by atoms with Gasteiger partial charge in [-0.2, -0.15) is 0 Å². The van der Waals surface area contributed by atoms with Gasteiger partial charge >= 0.3 is 5.97 Å². The summed E-state index contributed by atoms with van der Waals surface area (Å²) >= 11 is 0. The second-order valence-corrected chi connectivity index (χ2v) is 14.5. The quantitative estimate of drug-likeness (QED) is 0.409. The number of carboxylic acid groups (broad SMARTS) is 1. The molecule has 5 heteroatoms. The number of allylic oxidation sites excluding steroid dienone is 2. The van der Waals surface area contributed by atoms with E-state index < -0.39 is 29.0 Å². The largest absolute Gasteiger partial charge is 0.481 e. The second kappa shape index (κ2) is 7.80. The first-order chi connectivity index (χ1) is 16.2. The third-order valence-corrected chi connectivity index (χ3v) is 13.5. The lowest BCUT2D eigenvalue weighted by molar-refractivity contribution is -0.244. The lowest BCUT2D eigenvalue weighted by atomic mass is 9.33. The van der Waals surface area contributed by atoms with E-state index in [9.17, 15) is 25.2 Å². The van der Waals surface area contributed by atoms with Crippen LogP contribution in [0.2, 0.25) is 0 Å². The Balaban J connectivity index is 1.62. The van der Waals surface area contributed by atoms with Crippen molar-refractivity contribution in [3.63, 3.8) is 0 Å². The zero-order valence-electron chi connectivity index (χ0n) is 22.7. The van der Waals surface area contributed by atoms with Gasteiger partial charge in [0.05, 0.1) is 24.2 Å². The summed E-state index contributed by atoms with van der Waals surface area (Å²) in [4.78, 5) is 12.8. The van der Waals surface area contributed by atoms with Crippen LogP contribution in [-0.4, -0.2) is 45.2 Å². The van der Waals surface area contributed by atoms with Crippen LogP contribution in [0.4, 0.5) is 0 Å². The van der Waals surface area contributed by atoms with Crippen molar-refractivity contribution in [2.75, 3.05) is 6.61 Å². The van der Waals surface area contributed by atoms with Gasteiger partial charge in [0.25, 0.3) is 0 Å². The minimum Gasteiger partial charge on any atom is -0.481 e. The first-order valence-corrected chi connectivity index (χ1v) is 14.1. The average Bonchev–Trinajstić information content (AvgIpc) is 2.80. The van der Waals surface area contributed by atoms with Crippen LogP contribution in [0.25, 0.3) is 0 Å². The van der Waals surface area contributed by atoms with E-state index in [1.54, 1.807) is 0 Å². The Kier molecular flexibility index (Phi) is 5.73. The molecule has 0 aromatic carbocycles. The molecule has 0 amide bonds. The number of aliphatic hydroxyl groups is 3. The van der Waals surface area contributed by atoms with Crippen molar-refractivity contribution in [2.24, 2.45) is 56.7 Å². The highest BCUT2D eigenvalue weighted by molar-refractivity contribution is 5.76. The third-order valence-electron chi connectivity index (χ3n) is 13.5. The van der Waals surface area contributed by atoms with E-state index >= 15 is 0 Å². The molecule has 5 aliphatic rings. The molecular formula is C30H48O5. The Morgan fingerprint density at radius 1 is 1.00 bits per heavy atom. The molecule has 0 unspecified atom stereocenters. The van der Waals surface area contributed by atoms with E-state index in [1.165, 1.54) is 5.57 Å². The molecule has 0 radical (unpaired) electrons. The fourth-order valence-electron chi connectivity index (χ4n) is 11.0. The van der Waals surface area contributed by atoms with E-state index in [1.807, 2.05) is 6.92 Å². The normalized spacial score (nSPS) is 57.7. The highest BCUT2D eigenvalue weighted by Crippen LogP contribution is 2.75. The number of aliphatic carboxylic acids is 1. The fraction of sp³-hybridized carbons (Fsp3) is 0.900. The standard InChI is InChI=1S/C30H48O5/c1-17-9-12-30(25(34)35)14-13-28(5)19(23(30)18(17)2)7-8-22-26(3)15-20(32)24(33)27(4,16-31)21(26)10-11-29(22,28)6/h7,17-18,20-24,31-33H,8-16H2,1-6H3,(H,34,35)/t17-,18+,20-,21-,22+,23+,24-,26+,27+,28-,29-,30+/m1/s1. The Morgan fingerprint density at radius 2 is 1.69 bits per heavy atom. The topological polar surface area (TPSA) is 98.0 Å². The van der Waals surface area contributed by atoms with Gasteiger partial charge < -0.3 is 20.4 Å². The summed E-state index contributed by atoms with van der Waals surface area (Å²) in [6, 6.07) is 0. The smallest absolute Gasteiger partial charge is 0.310 e. The highest BCUT2D eigenvalue weighted by Gasteiger charge is 2.70. The summed E-state index contributed by atoms with van der Waals surface area (Å²) in [5.74, 6) is 0.828. The van der Waals surface area contributed by atoms with Gasteiger partial charge in [0.1, 0.15) is 0 Å². The Hall–Kier alpha value is -0.910. The zero-order valence-corrected chi connectivity index (χ0v) is 22.7. The van der Waals surface area contributed by atoms with Crippen molar-refractivity contribution in [1.29, 1.82) is 0 Å². The molecule has 0 spiro atoms. The minimum atomic E-state index is -0.907. The van der Waals surface area contributed by atoms with Crippen molar-refractivity contribution in [2.45, 2.75) is 105 Å². The van der Waals surface area contributed by atoms with Gasteiger partial charge in [0.2, 0.25) is 0 Å². The van der Waals surface area contributed by atoms with Gasteiger partial charge in [0.15, 0.2) is 0 Å². The number of aliphatic hydroxyl groups excluding tert-OH is 3. The molecule has 0 heterocycles. The van der Waals surface area contributed by atoms with E-state index in [0.29, 0.717) is 24.2 Å². The molecule has 0 bridgehead atoms. The number of hydrogen-bond acceptors (Lipinski definition) is 4. The molecule has 0 aromatic heterocycles. The van der Waals surface area contributed by atoms with Crippen molar-refractivity contribution in [1.82, 2.24) is 0 Å². The van der Waals surface area contributed by atoms with Gasteiger partial charge in [-0.25, -0.2) is 0 Å². The van der Waals surface area contributed by atoms with Crippen molar-refractivity contribution in [3.8, 4) is 0 Å². The molecule has 35 heavy (non-hydrogen) atoms. The summed E-state index contributed by atoms with van der Waals surface area (Å²) in [5.41, 5.74) is -0.214. The van der Waals surface area contributed by atoms with Crippen molar-refractivity contribution < 1.29 is 25.2 Å². The fourth-order valence-corrected chi connectivity index (χ4v) is 11.0.